The second-order valence-corrected chi connectivity index (χ2v) is 9.73. The number of carbonyl (C=O) groups is 1. The van der Waals surface area contributed by atoms with E-state index in [1.165, 1.54) is 20.3 Å². The lowest BCUT2D eigenvalue weighted by molar-refractivity contribution is 0.0955. The molecular weight excluding hydrogens is 533 g/mol. The number of benzene rings is 4. The summed E-state index contributed by atoms with van der Waals surface area (Å²) in [6.45, 7) is 0.867. The fraction of sp³-hybridized carbons (Fsp3) is 0.167. The highest BCUT2D eigenvalue weighted by molar-refractivity contribution is 7.92. The minimum Gasteiger partial charge on any atom is -0.588 e. The molecule has 0 radical (unpaired) electrons. The molecule has 4 rings (SSSR count). The summed E-state index contributed by atoms with van der Waals surface area (Å²) >= 11 is -1.72. The van der Waals surface area contributed by atoms with Crippen LogP contribution in [-0.2, 0) is 11.4 Å². The summed E-state index contributed by atoms with van der Waals surface area (Å²) in [6, 6.07) is 23.7. The van der Waals surface area contributed by atoms with E-state index in [0.717, 1.165) is 5.69 Å². The smallest absolute Gasteiger partial charge is 0.251 e. The van der Waals surface area contributed by atoms with Crippen molar-refractivity contribution in [2.45, 2.75) is 4.90 Å². The molecule has 3 N–H and O–H groups in total. The van der Waals surface area contributed by atoms with Gasteiger partial charge in [-0.1, -0.05) is 24.3 Å². The Morgan fingerprint density at radius 1 is 0.825 bits per heavy atom. The van der Waals surface area contributed by atoms with Gasteiger partial charge in [0.25, 0.3) is 5.91 Å². The van der Waals surface area contributed by atoms with Crippen LogP contribution in [-0.4, -0.2) is 44.9 Å². The van der Waals surface area contributed by atoms with Crippen molar-refractivity contribution in [1.82, 2.24) is 5.32 Å². The number of rotatable bonds is 12. The second kappa shape index (κ2) is 13.6. The van der Waals surface area contributed by atoms with E-state index in [1.807, 2.05) is 12.1 Å². The Bertz CT molecular complexity index is 1470. The summed E-state index contributed by atoms with van der Waals surface area (Å²) in [5.41, 5.74) is 2.66. The molecule has 0 fully saturated rings. The monoisotopic (exact) mass is 563 g/mol. The molecule has 4 aromatic rings. The number of hydrogen-bond donors (Lipinski definition) is 3. The van der Waals surface area contributed by atoms with Crippen LogP contribution in [0.25, 0.3) is 11.1 Å². The first kappa shape index (κ1) is 28.6. The Kier molecular flexibility index (Phi) is 9.71. The average molecular weight is 564 g/mol. The number of anilines is 2. The third-order valence-corrected chi connectivity index (χ3v) is 7.13. The van der Waals surface area contributed by atoms with E-state index >= 15 is 0 Å². The summed E-state index contributed by atoms with van der Waals surface area (Å²) in [5.74, 6) is 0.728. The Labute approximate surface area is 235 Å². The van der Waals surface area contributed by atoms with E-state index in [4.69, 9.17) is 14.2 Å². The van der Waals surface area contributed by atoms with Gasteiger partial charge < -0.3 is 29.4 Å². The van der Waals surface area contributed by atoms with Crippen molar-refractivity contribution in [3.63, 3.8) is 0 Å². The molecule has 0 aliphatic carbocycles. The predicted octanol–water partition coefficient (Wildman–Crippen LogP) is 5.50. The molecule has 1 atom stereocenters. The van der Waals surface area contributed by atoms with Gasteiger partial charge in [-0.25, -0.2) is 9.11 Å². The van der Waals surface area contributed by atoms with Gasteiger partial charge in [-0.3, -0.25) is 4.79 Å². The van der Waals surface area contributed by atoms with Crippen molar-refractivity contribution >= 4 is 28.6 Å². The summed E-state index contributed by atoms with van der Waals surface area (Å²) in [7, 11) is 4.51. The van der Waals surface area contributed by atoms with Gasteiger partial charge in [-0.05, 0) is 60.2 Å². The van der Waals surface area contributed by atoms with Gasteiger partial charge in [0, 0.05) is 30.4 Å². The van der Waals surface area contributed by atoms with Crippen molar-refractivity contribution in [3.8, 4) is 28.4 Å². The highest BCUT2D eigenvalue weighted by atomic mass is 32.2. The van der Waals surface area contributed by atoms with Crippen LogP contribution in [0.3, 0.4) is 0 Å². The summed E-state index contributed by atoms with van der Waals surface area (Å²) in [6.07, 6.45) is 0. The lowest BCUT2D eigenvalue weighted by Crippen LogP contribution is -2.28. The topological polar surface area (TPSA) is 104 Å². The Morgan fingerprint density at radius 2 is 1.57 bits per heavy atom. The normalized spacial score (nSPS) is 11.3. The maximum absolute atomic E-state index is 14.7. The fourth-order valence-corrected chi connectivity index (χ4v) is 5.05. The zero-order valence-corrected chi connectivity index (χ0v) is 23.1. The fourth-order valence-electron chi connectivity index (χ4n) is 4.04. The number of ether oxygens (including phenoxy) is 3. The van der Waals surface area contributed by atoms with E-state index in [-0.39, 0.29) is 11.5 Å². The maximum atomic E-state index is 14.7. The first-order valence-electron chi connectivity index (χ1n) is 12.4. The number of halogens is 1. The van der Waals surface area contributed by atoms with Gasteiger partial charge in [0.15, 0.2) is 5.75 Å². The minimum atomic E-state index is -1.72. The molecule has 1 unspecified atom stereocenters. The van der Waals surface area contributed by atoms with Crippen molar-refractivity contribution in [1.29, 1.82) is 0 Å². The van der Waals surface area contributed by atoms with Crippen LogP contribution >= 0.6 is 0 Å². The molecule has 1 amide bonds. The van der Waals surface area contributed by atoms with E-state index in [0.29, 0.717) is 52.0 Å². The van der Waals surface area contributed by atoms with Gasteiger partial charge >= 0.3 is 0 Å². The predicted molar refractivity (Wildman–Crippen MR) is 155 cm³/mol. The second-order valence-electron chi connectivity index (χ2n) is 8.55. The lowest BCUT2D eigenvalue weighted by Gasteiger charge is -2.17. The molecular formula is C30H30FN3O5S. The first-order valence-corrected chi connectivity index (χ1v) is 13.5. The van der Waals surface area contributed by atoms with Crippen molar-refractivity contribution in [2.75, 3.05) is 44.5 Å². The largest absolute Gasteiger partial charge is 0.588 e. The number of amides is 1. The minimum absolute atomic E-state index is 0.198. The number of carbonyl (C=O) groups excluding carboxylic acids is 1. The molecule has 0 saturated carbocycles. The van der Waals surface area contributed by atoms with Gasteiger partial charge in [0.05, 0.1) is 32.6 Å². The molecule has 10 heteroatoms. The molecule has 0 heterocycles. The molecule has 4 aromatic carbocycles. The molecule has 0 spiro atoms. The molecule has 0 bridgehead atoms. The zero-order chi connectivity index (χ0) is 28.5. The van der Waals surface area contributed by atoms with E-state index in [9.17, 15) is 13.7 Å². The molecule has 0 aliphatic rings. The summed E-state index contributed by atoms with van der Waals surface area (Å²) < 4.78 is 46.9. The Morgan fingerprint density at radius 3 is 2.35 bits per heavy atom. The number of methoxy groups -OCH3 is 3. The lowest BCUT2D eigenvalue weighted by atomic mass is 10.0. The maximum Gasteiger partial charge on any atom is 0.251 e. The van der Waals surface area contributed by atoms with Crippen LogP contribution in [0, 0.1) is 5.82 Å². The quantitative estimate of drug-likeness (QED) is 0.155. The third kappa shape index (κ3) is 6.96. The van der Waals surface area contributed by atoms with Gasteiger partial charge in [0.1, 0.15) is 28.7 Å². The molecule has 208 valence electrons. The molecule has 0 aromatic heterocycles. The van der Waals surface area contributed by atoms with E-state index in [1.54, 1.807) is 73.8 Å². The average Bonchev–Trinajstić information content (AvgIpc) is 2.99. The Hall–Kier alpha value is -4.41. The molecule has 0 aliphatic heterocycles. The van der Waals surface area contributed by atoms with E-state index in [2.05, 4.69) is 15.4 Å². The SMILES string of the molecule is COc1cccc(C(=O)NCCNc2cccc(N[S+]([O-])c3cc(-c4c(F)cccc4OC)ccc3OC)c2)c1. The van der Waals surface area contributed by atoms with Crippen LogP contribution in [0.5, 0.6) is 17.2 Å². The highest BCUT2D eigenvalue weighted by Gasteiger charge is 2.22. The third-order valence-electron chi connectivity index (χ3n) is 5.99. The van der Waals surface area contributed by atoms with Gasteiger partial charge in [-0.2, -0.15) is 0 Å². The van der Waals surface area contributed by atoms with Crippen LogP contribution in [0.2, 0.25) is 0 Å². The van der Waals surface area contributed by atoms with Crippen molar-refractivity contribution < 1.29 is 27.9 Å². The zero-order valence-electron chi connectivity index (χ0n) is 22.3. The summed E-state index contributed by atoms with van der Waals surface area (Å²) in [5, 5.41) is 6.10. The van der Waals surface area contributed by atoms with Crippen LogP contribution in [0.4, 0.5) is 15.8 Å². The van der Waals surface area contributed by atoms with Gasteiger partial charge in [0.2, 0.25) is 4.90 Å². The first-order chi connectivity index (χ1) is 19.4. The molecule has 8 nitrogen and oxygen atoms in total. The summed E-state index contributed by atoms with van der Waals surface area (Å²) in [4.78, 5) is 12.7. The van der Waals surface area contributed by atoms with Crippen LogP contribution in [0.1, 0.15) is 10.4 Å². The van der Waals surface area contributed by atoms with Gasteiger partial charge in [-0.15, -0.1) is 0 Å². The number of nitrogens with one attached hydrogen (secondary N) is 3. The molecule has 0 saturated heterocycles. The van der Waals surface area contributed by atoms with Crippen LogP contribution in [0.15, 0.2) is 89.8 Å². The van der Waals surface area contributed by atoms with Crippen LogP contribution < -0.4 is 29.6 Å². The standard InChI is InChI=1S/C30H30FN3O5S/c1-37-24-10-4-7-21(17-24)30(35)33-16-15-32-22-8-5-9-23(19-22)34-40(36)28-18-20(13-14-26(28)38-2)29-25(31)11-6-12-27(29)39-3/h4-14,17-19,32,34H,15-16H2,1-3H3,(H,33,35). The molecule has 40 heavy (non-hydrogen) atoms. The van der Waals surface area contributed by atoms with E-state index < -0.39 is 17.2 Å². The highest BCUT2D eigenvalue weighted by Crippen LogP contribution is 2.37. The van der Waals surface area contributed by atoms with Crippen molar-refractivity contribution in [3.05, 3.63) is 96.3 Å². The van der Waals surface area contributed by atoms with Crippen molar-refractivity contribution in [2.24, 2.45) is 0 Å². The number of hydrogen-bond acceptors (Lipinski definition) is 7. The Balaban J connectivity index is 1.40.